The van der Waals surface area contributed by atoms with Gasteiger partial charge < -0.3 is 0 Å². The summed E-state index contributed by atoms with van der Waals surface area (Å²) in [5.74, 6) is 0. The molecule has 0 N–H and O–H groups in total. The SMILES string of the molecule is C1=CC2N=C(c3ccccc3)SC2C=C1. The van der Waals surface area contributed by atoms with Crippen molar-refractivity contribution in [1.82, 2.24) is 0 Å². The van der Waals surface area contributed by atoms with Crippen LogP contribution in [0.4, 0.5) is 0 Å². The van der Waals surface area contributed by atoms with E-state index in [2.05, 4.69) is 48.6 Å². The smallest absolute Gasteiger partial charge is 0.0991 e. The van der Waals surface area contributed by atoms with E-state index >= 15 is 0 Å². The molecule has 2 unspecified atom stereocenters. The summed E-state index contributed by atoms with van der Waals surface area (Å²) in [6.45, 7) is 0. The third-order valence-corrected chi connectivity index (χ3v) is 3.86. The Bertz CT molecular complexity index is 445. The molecule has 2 aliphatic rings. The van der Waals surface area contributed by atoms with Gasteiger partial charge in [-0.3, -0.25) is 4.99 Å². The minimum absolute atomic E-state index is 0.343. The summed E-state index contributed by atoms with van der Waals surface area (Å²) >= 11 is 1.86. The van der Waals surface area contributed by atoms with E-state index in [0.29, 0.717) is 11.3 Å². The number of hydrogen-bond acceptors (Lipinski definition) is 2. The first-order valence-electron chi connectivity index (χ1n) is 5.08. The summed E-state index contributed by atoms with van der Waals surface area (Å²) in [4.78, 5) is 4.72. The Hall–Kier alpha value is -1.28. The summed E-state index contributed by atoms with van der Waals surface area (Å²) in [5, 5.41) is 1.67. The molecule has 0 saturated heterocycles. The quantitative estimate of drug-likeness (QED) is 0.698. The lowest BCUT2D eigenvalue weighted by atomic mass is 10.1. The highest BCUT2D eigenvalue weighted by molar-refractivity contribution is 8.15. The maximum Gasteiger partial charge on any atom is 0.0991 e. The van der Waals surface area contributed by atoms with Gasteiger partial charge in [-0.25, -0.2) is 0 Å². The Morgan fingerprint density at radius 2 is 1.80 bits per heavy atom. The second kappa shape index (κ2) is 3.70. The summed E-state index contributed by atoms with van der Waals surface area (Å²) in [5.41, 5.74) is 1.23. The Balaban J connectivity index is 1.91. The van der Waals surface area contributed by atoms with E-state index in [1.54, 1.807) is 0 Å². The van der Waals surface area contributed by atoms with Crippen molar-refractivity contribution in [3.05, 3.63) is 60.2 Å². The molecule has 0 radical (unpaired) electrons. The number of allylic oxidation sites excluding steroid dienone is 2. The molecule has 0 saturated carbocycles. The molecule has 74 valence electrons. The second-order valence-electron chi connectivity index (χ2n) is 3.64. The maximum atomic E-state index is 4.72. The first-order valence-corrected chi connectivity index (χ1v) is 5.96. The number of rotatable bonds is 1. The first-order chi connectivity index (χ1) is 7.43. The predicted molar refractivity (Wildman–Crippen MR) is 66.4 cm³/mol. The normalized spacial score (nSPS) is 27.6. The van der Waals surface area contributed by atoms with E-state index in [4.69, 9.17) is 4.99 Å². The lowest BCUT2D eigenvalue weighted by Gasteiger charge is -2.10. The van der Waals surface area contributed by atoms with Crippen LogP contribution in [0, 0.1) is 0 Å². The Morgan fingerprint density at radius 3 is 2.60 bits per heavy atom. The molecule has 1 aliphatic heterocycles. The van der Waals surface area contributed by atoms with Crippen molar-refractivity contribution in [1.29, 1.82) is 0 Å². The van der Waals surface area contributed by atoms with Crippen LogP contribution in [0.3, 0.4) is 0 Å². The highest BCUT2D eigenvalue weighted by Gasteiger charge is 2.27. The van der Waals surface area contributed by atoms with Crippen molar-refractivity contribution in [3.63, 3.8) is 0 Å². The third-order valence-electron chi connectivity index (χ3n) is 2.59. The molecular formula is C13H11NS. The predicted octanol–water partition coefficient (Wildman–Crippen LogP) is 3.04. The van der Waals surface area contributed by atoms with E-state index < -0.39 is 0 Å². The number of thioether (sulfide) groups is 1. The molecule has 2 heteroatoms. The van der Waals surface area contributed by atoms with Crippen LogP contribution < -0.4 is 0 Å². The van der Waals surface area contributed by atoms with Crippen molar-refractivity contribution < 1.29 is 0 Å². The largest absolute Gasteiger partial charge is 0.269 e. The second-order valence-corrected chi connectivity index (χ2v) is 4.81. The van der Waals surface area contributed by atoms with Crippen LogP contribution in [-0.2, 0) is 0 Å². The fourth-order valence-electron chi connectivity index (χ4n) is 1.82. The van der Waals surface area contributed by atoms with E-state index in [1.807, 2.05) is 17.8 Å². The molecular weight excluding hydrogens is 202 g/mol. The van der Waals surface area contributed by atoms with Gasteiger partial charge in [-0.2, -0.15) is 0 Å². The molecule has 1 nitrogen and oxygen atoms in total. The van der Waals surface area contributed by atoms with E-state index in [-0.39, 0.29) is 0 Å². The highest BCUT2D eigenvalue weighted by Crippen LogP contribution is 2.33. The molecule has 1 aliphatic carbocycles. The Morgan fingerprint density at radius 1 is 1.00 bits per heavy atom. The molecule has 1 aromatic carbocycles. The van der Waals surface area contributed by atoms with Gasteiger partial charge in [-0.1, -0.05) is 66.4 Å². The summed E-state index contributed by atoms with van der Waals surface area (Å²) in [7, 11) is 0. The van der Waals surface area contributed by atoms with Crippen molar-refractivity contribution in [2.24, 2.45) is 4.99 Å². The number of fused-ring (bicyclic) bond motifs is 1. The topological polar surface area (TPSA) is 12.4 Å². The molecule has 0 amide bonds. The lowest BCUT2D eigenvalue weighted by Crippen LogP contribution is -2.13. The Labute approximate surface area is 93.6 Å². The average Bonchev–Trinajstić information content (AvgIpc) is 2.74. The number of benzene rings is 1. The zero-order valence-electron chi connectivity index (χ0n) is 8.21. The van der Waals surface area contributed by atoms with Gasteiger partial charge in [0.25, 0.3) is 0 Å². The summed E-state index contributed by atoms with van der Waals surface area (Å²) in [6, 6.07) is 10.7. The van der Waals surface area contributed by atoms with Gasteiger partial charge in [0.05, 0.1) is 16.3 Å². The van der Waals surface area contributed by atoms with Crippen molar-refractivity contribution in [2.75, 3.05) is 0 Å². The van der Waals surface area contributed by atoms with Gasteiger partial charge >= 0.3 is 0 Å². The first kappa shape index (κ1) is 8.98. The number of nitrogens with zero attached hydrogens (tertiary/aromatic N) is 1. The average molecular weight is 213 g/mol. The molecule has 0 fully saturated rings. The highest BCUT2D eigenvalue weighted by atomic mass is 32.2. The minimum atomic E-state index is 0.343. The van der Waals surface area contributed by atoms with Crippen molar-refractivity contribution in [2.45, 2.75) is 11.3 Å². The summed E-state index contributed by atoms with van der Waals surface area (Å²) in [6.07, 6.45) is 8.60. The van der Waals surface area contributed by atoms with Gasteiger partial charge in [0.2, 0.25) is 0 Å². The standard InChI is InChI=1S/C13H11NS/c1-2-6-10(7-3-1)13-14-11-8-4-5-9-12(11)15-13/h1-9,11-12H. The van der Waals surface area contributed by atoms with Crippen LogP contribution in [0.25, 0.3) is 0 Å². The summed E-state index contributed by atoms with van der Waals surface area (Å²) < 4.78 is 0. The fourth-order valence-corrected chi connectivity index (χ4v) is 2.99. The van der Waals surface area contributed by atoms with Crippen molar-refractivity contribution in [3.8, 4) is 0 Å². The molecule has 1 aromatic rings. The molecule has 2 atom stereocenters. The molecule has 0 aromatic heterocycles. The maximum absolute atomic E-state index is 4.72. The number of aliphatic imine (C=N–C) groups is 1. The number of hydrogen-bond donors (Lipinski definition) is 0. The zero-order chi connectivity index (χ0) is 10.1. The van der Waals surface area contributed by atoms with Crippen LogP contribution in [0.2, 0.25) is 0 Å². The monoisotopic (exact) mass is 213 g/mol. The third kappa shape index (κ3) is 1.65. The molecule has 0 spiro atoms. The van der Waals surface area contributed by atoms with Crippen LogP contribution in [0.5, 0.6) is 0 Å². The fraction of sp³-hybridized carbons (Fsp3) is 0.154. The van der Waals surface area contributed by atoms with Crippen LogP contribution in [0.15, 0.2) is 59.6 Å². The molecule has 15 heavy (non-hydrogen) atoms. The minimum Gasteiger partial charge on any atom is -0.269 e. The van der Waals surface area contributed by atoms with Gasteiger partial charge in [-0.15, -0.1) is 0 Å². The van der Waals surface area contributed by atoms with Gasteiger partial charge in [0.15, 0.2) is 0 Å². The van der Waals surface area contributed by atoms with Gasteiger partial charge in [0.1, 0.15) is 0 Å². The molecule has 3 rings (SSSR count). The van der Waals surface area contributed by atoms with E-state index in [0.717, 1.165) is 0 Å². The van der Waals surface area contributed by atoms with Crippen LogP contribution >= 0.6 is 11.8 Å². The molecule has 1 heterocycles. The Kier molecular flexibility index (Phi) is 2.22. The van der Waals surface area contributed by atoms with E-state index in [9.17, 15) is 0 Å². The molecule has 0 bridgehead atoms. The van der Waals surface area contributed by atoms with Crippen LogP contribution in [0.1, 0.15) is 5.56 Å². The van der Waals surface area contributed by atoms with Crippen LogP contribution in [-0.4, -0.2) is 16.3 Å². The van der Waals surface area contributed by atoms with Crippen molar-refractivity contribution >= 4 is 16.8 Å². The van der Waals surface area contributed by atoms with Gasteiger partial charge in [0, 0.05) is 5.56 Å². The lowest BCUT2D eigenvalue weighted by molar-refractivity contribution is 0.862. The van der Waals surface area contributed by atoms with Gasteiger partial charge in [-0.05, 0) is 0 Å². The van der Waals surface area contributed by atoms with E-state index in [1.165, 1.54) is 10.6 Å². The zero-order valence-corrected chi connectivity index (χ0v) is 9.02.